The van der Waals surface area contributed by atoms with Crippen molar-refractivity contribution in [3.8, 4) is 11.5 Å². The first-order valence-electron chi connectivity index (χ1n) is 6.47. The van der Waals surface area contributed by atoms with Crippen molar-refractivity contribution in [1.82, 2.24) is 10.2 Å². The molecule has 0 bridgehead atoms. The average molecular weight is 281 g/mol. The Hall–Kier alpha value is -1.79. The number of para-hydroxylation sites is 1. The summed E-state index contributed by atoms with van der Waals surface area (Å²) >= 11 is 0. The molecule has 0 saturated heterocycles. The van der Waals surface area contributed by atoms with Gasteiger partial charge in [0.15, 0.2) is 18.1 Å². The van der Waals surface area contributed by atoms with Crippen LogP contribution < -0.4 is 20.5 Å². The smallest absolute Gasteiger partial charge is 0.255 e. The van der Waals surface area contributed by atoms with Gasteiger partial charge in [0.2, 0.25) is 0 Å². The van der Waals surface area contributed by atoms with Crippen molar-refractivity contribution < 1.29 is 14.3 Å². The number of nitrogens with one attached hydrogen (secondary N) is 1. The predicted octanol–water partition coefficient (Wildman–Crippen LogP) is 0.211. The summed E-state index contributed by atoms with van der Waals surface area (Å²) in [7, 11) is 5.61. The van der Waals surface area contributed by atoms with Crippen LogP contribution in [0.2, 0.25) is 0 Å². The Morgan fingerprint density at radius 3 is 2.75 bits per heavy atom. The molecule has 0 aliphatic heterocycles. The average Bonchev–Trinajstić information content (AvgIpc) is 2.41. The monoisotopic (exact) mass is 281 g/mol. The molecule has 3 N–H and O–H groups in total. The maximum absolute atomic E-state index is 10.9. The second-order valence-corrected chi connectivity index (χ2v) is 4.68. The van der Waals surface area contributed by atoms with Crippen LogP contribution in [0.4, 0.5) is 0 Å². The Balaban J connectivity index is 2.69. The predicted molar refractivity (Wildman–Crippen MR) is 77.9 cm³/mol. The van der Waals surface area contributed by atoms with Crippen LogP contribution in [0.1, 0.15) is 5.56 Å². The normalized spacial score (nSPS) is 10.6. The van der Waals surface area contributed by atoms with Crippen LogP contribution >= 0.6 is 0 Å². The third-order valence-corrected chi connectivity index (χ3v) is 2.69. The standard InChI is InChI=1S/C14H23N3O3/c1-17(2)8-7-16-9-11-5-4-6-12(19-3)14(11)20-10-13(15)18/h4-6,16H,7-10H2,1-3H3,(H2,15,18). The first kappa shape index (κ1) is 16.3. The fraction of sp³-hybridized carbons (Fsp3) is 0.500. The summed E-state index contributed by atoms with van der Waals surface area (Å²) in [5.41, 5.74) is 6.05. The molecular weight excluding hydrogens is 258 g/mol. The first-order valence-corrected chi connectivity index (χ1v) is 6.47. The second-order valence-electron chi connectivity index (χ2n) is 4.68. The lowest BCUT2D eigenvalue weighted by atomic mass is 10.2. The largest absolute Gasteiger partial charge is 0.493 e. The molecule has 0 radical (unpaired) electrons. The summed E-state index contributed by atoms with van der Waals surface area (Å²) in [6, 6.07) is 5.61. The van der Waals surface area contributed by atoms with E-state index in [0.29, 0.717) is 18.0 Å². The SMILES string of the molecule is COc1cccc(CNCCN(C)C)c1OCC(N)=O. The van der Waals surface area contributed by atoms with Gasteiger partial charge in [-0.05, 0) is 20.2 Å². The maximum Gasteiger partial charge on any atom is 0.255 e. The molecule has 6 heteroatoms. The third kappa shape index (κ3) is 5.46. The Morgan fingerprint density at radius 1 is 1.40 bits per heavy atom. The van der Waals surface area contributed by atoms with Gasteiger partial charge in [-0.1, -0.05) is 12.1 Å². The molecule has 0 spiro atoms. The minimum absolute atomic E-state index is 0.162. The van der Waals surface area contributed by atoms with Crippen LogP contribution in [0.15, 0.2) is 18.2 Å². The zero-order valence-corrected chi connectivity index (χ0v) is 12.3. The van der Waals surface area contributed by atoms with Crippen LogP contribution in [-0.2, 0) is 11.3 Å². The van der Waals surface area contributed by atoms with Gasteiger partial charge >= 0.3 is 0 Å². The Kier molecular flexibility index (Phi) is 6.83. The third-order valence-electron chi connectivity index (χ3n) is 2.69. The number of hydrogen-bond donors (Lipinski definition) is 2. The van der Waals surface area contributed by atoms with Gasteiger partial charge in [0.25, 0.3) is 5.91 Å². The summed E-state index contributed by atoms with van der Waals surface area (Å²) in [4.78, 5) is 13.0. The van der Waals surface area contributed by atoms with Crippen molar-refractivity contribution in [1.29, 1.82) is 0 Å². The highest BCUT2D eigenvalue weighted by Crippen LogP contribution is 2.30. The van der Waals surface area contributed by atoms with E-state index in [-0.39, 0.29) is 6.61 Å². The van der Waals surface area contributed by atoms with Gasteiger partial charge in [0.05, 0.1) is 7.11 Å². The lowest BCUT2D eigenvalue weighted by Gasteiger charge is -2.15. The van der Waals surface area contributed by atoms with Crippen LogP contribution in [-0.4, -0.2) is 51.7 Å². The zero-order valence-electron chi connectivity index (χ0n) is 12.3. The molecular formula is C14H23N3O3. The van der Waals surface area contributed by atoms with Crippen molar-refractivity contribution >= 4 is 5.91 Å². The molecule has 112 valence electrons. The summed E-state index contributed by atoms with van der Waals surface area (Å²) in [6.07, 6.45) is 0. The lowest BCUT2D eigenvalue weighted by Crippen LogP contribution is -2.26. The number of carbonyl (C=O) groups excluding carboxylic acids is 1. The van der Waals surface area contributed by atoms with Crippen molar-refractivity contribution in [2.24, 2.45) is 5.73 Å². The van der Waals surface area contributed by atoms with Gasteiger partial charge in [-0.25, -0.2) is 0 Å². The summed E-state index contributed by atoms with van der Waals surface area (Å²) in [6.45, 7) is 2.28. The zero-order chi connectivity index (χ0) is 15.0. The molecule has 0 heterocycles. The Bertz CT molecular complexity index is 436. The van der Waals surface area contributed by atoms with E-state index in [1.54, 1.807) is 13.2 Å². The first-order chi connectivity index (χ1) is 9.54. The van der Waals surface area contributed by atoms with Gasteiger partial charge in [0.1, 0.15) is 0 Å². The van der Waals surface area contributed by atoms with E-state index in [1.807, 2.05) is 26.2 Å². The number of ether oxygens (including phenoxy) is 2. The number of primary amides is 1. The van der Waals surface area contributed by atoms with E-state index in [9.17, 15) is 4.79 Å². The van der Waals surface area contributed by atoms with Crippen LogP contribution in [0, 0.1) is 0 Å². The van der Waals surface area contributed by atoms with Gasteiger partial charge < -0.3 is 25.4 Å². The molecule has 0 fully saturated rings. The molecule has 20 heavy (non-hydrogen) atoms. The maximum atomic E-state index is 10.9. The number of amides is 1. The molecule has 1 rings (SSSR count). The van der Waals surface area contributed by atoms with Crippen molar-refractivity contribution in [2.75, 3.05) is 40.9 Å². The van der Waals surface area contributed by atoms with E-state index in [1.165, 1.54) is 0 Å². The Labute approximate surface area is 119 Å². The number of likely N-dealkylation sites (N-methyl/N-ethyl adjacent to an activating group) is 1. The summed E-state index contributed by atoms with van der Waals surface area (Å²) < 4.78 is 10.7. The van der Waals surface area contributed by atoms with Crippen molar-refractivity contribution in [3.63, 3.8) is 0 Å². The summed E-state index contributed by atoms with van der Waals surface area (Å²) in [5, 5.41) is 3.32. The van der Waals surface area contributed by atoms with Crippen molar-refractivity contribution in [3.05, 3.63) is 23.8 Å². The molecule has 0 unspecified atom stereocenters. The van der Waals surface area contributed by atoms with Crippen molar-refractivity contribution in [2.45, 2.75) is 6.54 Å². The molecule has 1 amide bonds. The highest BCUT2D eigenvalue weighted by molar-refractivity contribution is 5.75. The molecule has 1 aromatic carbocycles. The van der Waals surface area contributed by atoms with Gasteiger partial charge in [0, 0.05) is 25.2 Å². The van der Waals surface area contributed by atoms with Crippen LogP contribution in [0.25, 0.3) is 0 Å². The fourth-order valence-corrected chi connectivity index (χ4v) is 1.69. The number of carbonyl (C=O) groups is 1. The van der Waals surface area contributed by atoms with E-state index in [4.69, 9.17) is 15.2 Å². The molecule has 1 aromatic rings. The minimum atomic E-state index is -0.512. The van der Waals surface area contributed by atoms with Gasteiger partial charge in [-0.15, -0.1) is 0 Å². The molecule has 0 aliphatic carbocycles. The fourth-order valence-electron chi connectivity index (χ4n) is 1.69. The molecule has 0 aliphatic rings. The van der Waals surface area contributed by atoms with E-state index in [0.717, 1.165) is 18.7 Å². The molecule has 6 nitrogen and oxygen atoms in total. The van der Waals surface area contributed by atoms with Crippen LogP contribution in [0.5, 0.6) is 11.5 Å². The second kappa shape index (κ2) is 8.39. The molecule has 0 atom stereocenters. The summed E-state index contributed by atoms with van der Waals surface area (Å²) in [5.74, 6) is 0.645. The number of nitrogens with zero attached hydrogens (tertiary/aromatic N) is 1. The number of methoxy groups -OCH3 is 1. The van der Waals surface area contributed by atoms with E-state index >= 15 is 0 Å². The van der Waals surface area contributed by atoms with E-state index < -0.39 is 5.91 Å². The minimum Gasteiger partial charge on any atom is -0.493 e. The Morgan fingerprint density at radius 2 is 2.15 bits per heavy atom. The number of rotatable bonds is 9. The highest BCUT2D eigenvalue weighted by atomic mass is 16.5. The molecule has 0 saturated carbocycles. The van der Waals surface area contributed by atoms with E-state index in [2.05, 4.69) is 10.2 Å². The highest BCUT2D eigenvalue weighted by Gasteiger charge is 2.11. The number of nitrogens with two attached hydrogens (primary N) is 1. The van der Waals surface area contributed by atoms with Gasteiger partial charge in [-0.3, -0.25) is 4.79 Å². The molecule has 0 aromatic heterocycles. The number of benzene rings is 1. The topological polar surface area (TPSA) is 76.8 Å². The van der Waals surface area contributed by atoms with Crippen LogP contribution in [0.3, 0.4) is 0 Å². The quantitative estimate of drug-likeness (QED) is 0.633. The van der Waals surface area contributed by atoms with Gasteiger partial charge in [-0.2, -0.15) is 0 Å². The lowest BCUT2D eigenvalue weighted by molar-refractivity contribution is -0.119. The number of hydrogen-bond acceptors (Lipinski definition) is 5.